The standard InChI is InChI=1S/C11H20.CH4/c1-6-7-11(10(4)5)8-9(2)3;/h6,8,10-11H,1,7H2,2-5H3;1H4/t11-;/m1./s1. The minimum atomic E-state index is 0. The molecule has 0 spiro atoms. The fourth-order valence-corrected chi connectivity index (χ4v) is 1.15. The highest BCUT2D eigenvalue weighted by Crippen LogP contribution is 2.18. The molecule has 0 aliphatic rings. The Bertz CT molecular complexity index is 136. The van der Waals surface area contributed by atoms with Gasteiger partial charge in [-0.15, -0.1) is 6.58 Å². The van der Waals surface area contributed by atoms with Crippen molar-refractivity contribution in [3.63, 3.8) is 0 Å². The molecule has 0 saturated heterocycles. The summed E-state index contributed by atoms with van der Waals surface area (Å²) in [4.78, 5) is 0. The minimum absolute atomic E-state index is 0. The Morgan fingerprint density at radius 1 is 1.33 bits per heavy atom. The van der Waals surface area contributed by atoms with Crippen LogP contribution in [0.4, 0.5) is 0 Å². The van der Waals surface area contributed by atoms with Gasteiger partial charge in [-0.2, -0.15) is 0 Å². The normalized spacial score (nSPS) is 11.8. The Morgan fingerprint density at radius 2 is 1.83 bits per heavy atom. The quantitative estimate of drug-likeness (QED) is 0.544. The SMILES string of the molecule is C.C=CC[C@H](C=C(C)C)C(C)C. The summed E-state index contributed by atoms with van der Waals surface area (Å²) in [5, 5.41) is 0. The van der Waals surface area contributed by atoms with E-state index in [9.17, 15) is 0 Å². The summed E-state index contributed by atoms with van der Waals surface area (Å²) in [6.07, 6.45) is 5.44. The second-order valence-electron chi connectivity index (χ2n) is 3.68. The monoisotopic (exact) mass is 168 g/mol. The first-order chi connectivity index (χ1) is 5.07. The lowest BCUT2D eigenvalue weighted by atomic mass is 9.91. The molecule has 72 valence electrons. The lowest BCUT2D eigenvalue weighted by molar-refractivity contribution is 0.468. The van der Waals surface area contributed by atoms with Crippen molar-refractivity contribution in [1.82, 2.24) is 0 Å². The van der Waals surface area contributed by atoms with Crippen molar-refractivity contribution in [2.75, 3.05) is 0 Å². The van der Waals surface area contributed by atoms with Crippen LogP contribution in [0.1, 0.15) is 41.5 Å². The molecule has 0 rings (SSSR count). The Kier molecular flexibility index (Phi) is 8.36. The fraction of sp³-hybridized carbons (Fsp3) is 0.667. The van der Waals surface area contributed by atoms with Gasteiger partial charge in [0, 0.05) is 0 Å². The second-order valence-corrected chi connectivity index (χ2v) is 3.68. The van der Waals surface area contributed by atoms with Gasteiger partial charge in [0.15, 0.2) is 0 Å². The van der Waals surface area contributed by atoms with Crippen molar-refractivity contribution < 1.29 is 0 Å². The van der Waals surface area contributed by atoms with Crippen molar-refractivity contribution in [3.8, 4) is 0 Å². The molecule has 0 aromatic carbocycles. The van der Waals surface area contributed by atoms with Gasteiger partial charge in [-0.1, -0.05) is 39.0 Å². The average molecular weight is 168 g/mol. The maximum Gasteiger partial charge on any atom is -0.0173 e. The Labute approximate surface area is 78.4 Å². The van der Waals surface area contributed by atoms with E-state index in [1.807, 2.05) is 6.08 Å². The molecule has 0 fully saturated rings. The van der Waals surface area contributed by atoms with Gasteiger partial charge in [0.05, 0.1) is 0 Å². The summed E-state index contributed by atoms with van der Waals surface area (Å²) < 4.78 is 0. The topological polar surface area (TPSA) is 0 Å². The third kappa shape index (κ3) is 6.21. The van der Waals surface area contributed by atoms with E-state index >= 15 is 0 Å². The van der Waals surface area contributed by atoms with Crippen molar-refractivity contribution >= 4 is 0 Å². The molecular weight excluding hydrogens is 144 g/mol. The molecule has 0 heterocycles. The number of allylic oxidation sites excluding steroid dienone is 3. The summed E-state index contributed by atoms with van der Waals surface area (Å²) in [5.74, 6) is 1.40. The van der Waals surface area contributed by atoms with E-state index in [-0.39, 0.29) is 7.43 Å². The van der Waals surface area contributed by atoms with Crippen LogP contribution >= 0.6 is 0 Å². The highest BCUT2D eigenvalue weighted by Gasteiger charge is 2.07. The lowest BCUT2D eigenvalue weighted by Gasteiger charge is -2.15. The molecule has 0 amide bonds. The van der Waals surface area contributed by atoms with Crippen molar-refractivity contribution in [2.24, 2.45) is 11.8 Å². The predicted molar refractivity (Wildman–Crippen MR) is 59.3 cm³/mol. The molecule has 0 radical (unpaired) electrons. The van der Waals surface area contributed by atoms with Gasteiger partial charge in [0.25, 0.3) is 0 Å². The van der Waals surface area contributed by atoms with Gasteiger partial charge in [0.1, 0.15) is 0 Å². The lowest BCUT2D eigenvalue weighted by Crippen LogP contribution is -2.04. The van der Waals surface area contributed by atoms with Crippen LogP contribution in [0.5, 0.6) is 0 Å². The molecule has 0 aliphatic heterocycles. The van der Waals surface area contributed by atoms with E-state index in [4.69, 9.17) is 0 Å². The van der Waals surface area contributed by atoms with Crippen LogP contribution in [-0.4, -0.2) is 0 Å². The molecule has 0 N–H and O–H groups in total. The maximum absolute atomic E-state index is 3.76. The molecule has 0 nitrogen and oxygen atoms in total. The zero-order valence-corrected chi connectivity index (χ0v) is 8.22. The molecule has 0 bridgehead atoms. The Balaban J connectivity index is 0. The molecule has 0 heteroatoms. The summed E-state index contributed by atoms with van der Waals surface area (Å²) in [6.45, 7) is 12.6. The van der Waals surface area contributed by atoms with Gasteiger partial charge in [-0.05, 0) is 32.1 Å². The molecule has 0 saturated carbocycles. The molecule has 0 aliphatic carbocycles. The first kappa shape index (κ1) is 14.0. The number of hydrogen-bond donors (Lipinski definition) is 0. The van der Waals surface area contributed by atoms with Crippen molar-refractivity contribution in [1.29, 1.82) is 0 Å². The summed E-state index contributed by atoms with van der Waals surface area (Å²) in [7, 11) is 0. The molecular formula is C12H24. The Hall–Kier alpha value is -0.520. The second kappa shape index (κ2) is 7.15. The zero-order chi connectivity index (χ0) is 8.85. The van der Waals surface area contributed by atoms with Crippen LogP contribution in [0, 0.1) is 11.8 Å². The third-order valence-corrected chi connectivity index (χ3v) is 1.84. The van der Waals surface area contributed by atoms with Crippen LogP contribution in [-0.2, 0) is 0 Å². The molecule has 0 unspecified atom stereocenters. The van der Waals surface area contributed by atoms with Gasteiger partial charge in [0.2, 0.25) is 0 Å². The summed E-state index contributed by atoms with van der Waals surface area (Å²) in [5.41, 5.74) is 1.41. The first-order valence-electron chi connectivity index (χ1n) is 4.33. The fourth-order valence-electron chi connectivity index (χ4n) is 1.15. The molecule has 0 aromatic rings. The summed E-state index contributed by atoms with van der Waals surface area (Å²) >= 11 is 0. The van der Waals surface area contributed by atoms with Gasteiger partial charge in [-0.25, -0.2) is 0 Å². The van der Waals surface area contributed by atoms with Gasteiger partial charge < -0.3 is 0 Å². The maximum atomic E-state index is 3.76. The largest absolute Gasteiger partial charge is 0.103 e. The van der Waals surface area contributed by atoms with Crippen LogP contribution in [0.15, 0.2) is 24.3 Å². The smallest absolute Gasteiger partial charge is 0.0173 e. The number of rotatable bonds is 4. The molecule has 12 heavy (non-hydrogen) atoms. The molecule has 1 atom stereocenters. The van der Waals surface area contributed by atoms with E-state index < -0.39 is 0 Å². The Morgan fingerprint density at radius 3 is 2.08 bits per heavy atom. The van der Waals surface area contributed by atoms with E-state index in [1.165, 1.54) is 5.57 Å². The average Bonchev–Trinajstić information content (AvgIpc) is 1.86. The van der Waals surface area contributed by atoms with Gasteiger partial charge in [-0.3, -0.25) is 0 Å². The van der Waals surface area contributed by atoms with Crippen molar-refractivity contribution in [2.45, 2.75) is 41.5 Å². The molecule has 0 aromatic heterocycles. The van der Waals surface area contributed by atoms with E-state index in [0.717, 1.165) is 12.3 Å². The highest BCUT2D eigenvalue weighted by molar-refractivity contribution is 4.99. The zero-order valence-electron chi connectivity index (χ0n) is 8.22. The van der Waals surface area contributed by atoms with Crippen molar-refractivity contribution in [3.05, 3.63) is 24.3 Å². The predicted octanol–water partition coefficient (Wildman–Crippen LogP) is 4.44. The van der Waals surface area contributed by atoms with Crippen LogP contribution < -0.4 is 0 Å². The summed E-state index contributed by atoms with van der Waals surface area (Å²) in [6, 6.07) is 0. The number of hydrogen-bond acceptors (Lipinski definition) is 0. The van der Waals surface area contributed by atoms with E-state index in [1.54, 1.807) is 0 Å². The van der Waals surface area contributed by atoms with Crippen LogP contribution in [0.2, 0.25) is 0 Å². The van der Waals surface area contributed by atoms with E-state index in [0.29, 0.717) is 5.92 Å². The highest BCUT2D eigenvalue weighted by atomic mass is 14.1. The third-order valence-electron chi connectivity index (χ3n) is 1.84. The van der Waals surface area contributed by atoms with Crippen LogP contribution in [0.3, 0.4) is 0 Å². The first-order valence-corrected chi connectivity index (χ1v) is 4.33. The van der Waals surface area contributed by atoms with Gasteiger partial charge >= 0.3 is 0 Å². The van der Waals surface area contributed by atoms with Crippen LogP contribution in [0.25, 0.3) is 0 Å². The minimum Gasteiger partial charge on any atom is -0.103 e. The van der Waals surface area contributed by atoms with E-state index in [2.05, 4.69) is 40.3 Å².